The second kappa shape index (κ2) is 8.09. The molecule has 0 bridgehead atoms. The third-order valence-corrected chi connectivity index (χ3v) is 5.63. The Bertz CT molecular complexity index is 731. The van der Waals surface area contributed by atoms with Gasteiger partial charge in [-0.3, -0.25) is 4.79 Å². The van der Waals surface area contributed by atoms with E-state index in [2.05, 4.69) is 30.4 Å². The first-order chi connectivity index (χ1) is 11.6. The quantitative estimate of drug-likeness (QED) is 0.791. The number of fused-ring (bicyclic) bond motifs is 1. The van der Waals surface area contributed by atoms with Crippen molar-refractivity contribution < 1.29 is 4.79 Å². The van der Waals surface area contributed by atoms with E-state index < -0.39 is 0 Å². The molecule has 1 aliphatic rings. The number of nitrogens with one attached hydrogen (secondary N) is 1. The van der Waals surface area contributed by atoms with Crippen molar-refractivity contribution in [2.45, 2.75) is 38.0 Å². The molecular formula is C20H22ClNOS. The normalized spacial score (nSPS) is 14.2. The van der Waals surface area contributed by atoms with Crippen LogP contribution in [0.1, 0.15) is 41.6 Å². The lowest BCUT2D eigenvalue weighted by Gasteiger charge is -2.15. The summed E-state index contributed by atoms with van der Waals surface area (Å²) in [5.41, 5.74) is 5.26. The Morgan fingerprint density at radius 3 is 2.88 bits per heavy atom. The van der Waals surface area contributed by atoms with E-state index in [0.29, 0.717) is 5.75 Å². The number of carbonyl (C=O) groups excluding carboxylic acids is 1. The van der Waals surface area contributed by atoms with Crippen LogP contribution in [-0.4, -0.2) is 11.7 Å². The average Bonchev–Trinajstić information content (AvgIpc) is 3.02. The minimum atomic E-state index is 0.0511. The van der Waals surface area contributed by atoms with E-state index in [9.17, 15) is 4.79 Å². The van der Waals surface area contributed by atoms with E-state index in [-0.39, 0.29) is 11.9 Å². The highest BCUT2D eigenvalue weighted by Gasteiger charge is 2.14. The molecule has 0 aliphatic heterocycles. The molecule has 2 aromatic carbocycles. The van der Waals surface area contributed by atoms with Gasteiger partial charge in [-0.2, -0.15) is 0 Å². The molecule has 0 aromatic heterocycles. The molecule has 4 heteroatoms. The lowest BCUT2D eigenvalue weighted by molar-refractivity contribution is -0.119. The van der Waals surface area contributed by atoms with Crippen LogP contribution in [0.5, 0.6) is 0 Å². The fourth-order valence-corrected chi connectivity index (χ4v) is 4.11. The third kappa shape index (κ3) is 4.55. The van der Waals surface area contributed by atoms with Crippen LogP contribution in [0, 0.1) is 0 Å². The van der Waals surface area contributed by atoms with Crippen molar-refractivity contribution >= 4 is 29.3 Å². The van der Waals surface area contributed by atoms with E-state index in [0.717, 1.165) is 16.3 Å². The summed E-state index contributed by atoms with van der Waals surface area (Å²) >= 11 is 7.58. The molecule has 0 heterocycles. The highest BCUT2D eigenvalue weighted by molar-refractivity contribution is 7.99. The smallest absolute Gasteiger partial charge is 0.230 e. The second-order valence-electron chi connectivity index (χ2n) is 6.29. The van der Waals surface area contributed by atoms with Gasteiger partial charge >= 0.3 is 0 Å². The topological polar surface area (TPSA) is 29.1 Å². The Hall–Kier alpha value is -1.45. The van der Waals surface area contributed by atoms with Crippen molar-refractivity contribution in [2.24, 2.45) is 0 Å². The first-order valence-corrected chi connectivity index (χ1v) is 9.88. The van der Waals surface area contributed by atoms with Crippen molar-refractivity contribution in [3.8, 4) is 0 Å². The van der Waals surface area contributed by atoms with Crippen molar-refractivity contribution in [1.82, 2.24) is 5.32 Å². The third-order valence-electron chi connectivity index (χ3n) is 4.39. The fourth-order valence-electron chi connectivity index (χ4n) is 3.12. The van der Waals surface area contributed by atoms with Crippen molar-refractivity contribution in [3.63, 3.8) is 0 Å². The molecule has 0 saturated heterocycles. The zero-order valence-electron chi connectivity index (χ0n) is 13.8. The number of hydrogen-bond acceptors (Lipinski definition) is 2. The molecule has 1 N–H and O–H groups in total. The Morgan fingerprint density at radius 1 is 1.21 bits per heavy atom. The summed E-state index contributed by atoms with van der Waals surface area (Å²) in [5.74, 6) is 1.33. The molecular weight excluding hydrogens is 338 g/mol. The van der Waals surface area contributed by atoms with Crippen LogP contribution >= 0.6 is 23.4 Å². The van der Waals surface area contributed by atoms with E-state index in [1.165, 1.54) is 36.0 Å². The summed E-state index contributed by atoms with van der Waals surface area (Å²) < 4.78 is 0. The maximum atomic E-state index is 12.2. The van der Waals surface area contributed by atoms with E-state index in [1.807, 2.05) is 24.3 Å². The first-order valence-electron chi connectivity index (χ1n) is 8.35. The van der Waals surface area contributed by atoms with Crippen LogP contribution in [0.25, 0.3) is 0 Å². The number of benzene rings is 2. The predicted molar refractivity (Wildman–Crippen MR) is 103 cm³/mol. The Balaban J connectivity index is 1.47. The van der Waals surface area contributed by atoms with Gasteiger partial charge in [0.1, 0.15) is 0 Å². The van der Waals surface area contributed by atoms with Crippen LogP contribution < -0.4 is 5.32 Å². The number of rotatable bonds is 6. The van der Waals surface area contributed by atoms with Gasteiger partial charge in [-0.05, 0) is 60.6 Å². The molecule has 3 rings (SSSR count). The highest BCUT2D eigenvalue weighted by atomic mass is 35.5. The van der Waals surface area contributed by atoms with Gasteiger partial charge in [0, 0.05) is 10.8 Å². The Morgan fingerprint density at radius 2 is 2.04 bits per heavy atom. The zero-order chi connectivity index (χ0) is 16.9. The summed E-state index contributed by atoms with van der Waals surface area (Å²) in [6.07, 6.45) is 3.61. The van der Waals surface area contributed by atoms with E-state index >= 15 is 0 Å². The SMILES string of the molecule is C[C@H](NC(=O)CSCc1cccc(Cl)c1)c1ccc2c(c1)CCC2. The largest absolute Gasteiger partial charge is 0.349 e. The molecule has 0 radical (unpaired) electrons. The Kier molecular flexibility index (Phi) is 5.85. The summed E-state index contributed by atoms with van der Waals surface area (Å²) in [6.45, 7) is 2.05. The van der Waals surface area contributed by atoms with Gasteiger partial charge in [0.15, 0.2) is 0 Å². The lowest BCUT2D eigenvalue weighted by atomic mass is 10.0. The van der Waals surface area contributed by atoms with Crippen LogP contribution in [0.3, 0.4) is 0 Å². The van der Waals surface area contributed by atoms with E-state index in [4.69, 9.17) is 11.6 Å². The zero-order valence-corrected chi connectivity index (χ0v) is 15.4. The van der Waals surface area contributed by atoms with Crippen LogP contribution in [-0.2, 0) is 23.4 Å². The van der Waals surface area contributed by atoms with E-state index in [1.54, 1.807) is 11.8 Å². The van der Waals surface area contributed by atoms with Gasteiger partial charge in [-0.15, -0.1) is 11.8 Å². The Labute approximate surface area is 153 Å². The van der Waals surface area contributed by atoms with Gasteiger partial charge in [0.25, 0.3) is 0 Å². The maximum Gasteiger partial charge on any atom is 0.230 e. The molecule has 1 amide bonds. The number of amides is 1. The minimum absolute atomic E-state index is 0.0511. The highest BCUT2D eigenvalue weighted by Crippen LogP contribution is 2.25. The molecule has 2 nitrogen and oxygen atoms in total. The number of carbonyl (C=O) groups is 1. The molecule has 1 aliphatic carbocycles. The van der Waals surface area contributed by atoms with Crippen molar-refractivity contribution in [3.05, 3.63) is 69.7 Å². The summed E-state index contributed by atoms with van der Waals surface area (Å²) in [7, 11) is 0. The van der Waals surface area contributed by atoms with Gasteiger partial charge in [0.05, 0.1) is 11.8 Å². The number of hydrogen-bond donors (Lipinski definition) is 1. The standard InChI is InChI=1S/C20H22ClNOS/c1-14(17-9-8-16-5-3-6-18(16)11-17)22-20(23)13-24-12-15-4-2-7-19(21)10-15/h2,4,7-11,14H,3,5-6,12-13H2,1H3,(H,22,23)/t14-/m0/s1. The predicted octanol–water partition coefficient (Wildman–Crippen LogP) is 4.94. The maximum absolute atomic E-state index is 12.2. The van der Waals surface area contributed by atoms with Crippen LogP contribution in [0.4, 0.5) is 0 Å². The second-order valence-corrected chi connectivity index (χ2v) is 7.72. The van der Waals surface area contributed by atoms with Crippen LogP contribution in [0.2, 0.25) is 5.02 Å². The van der Waals surface area contributed by atoms with Gasteiger partial charge in [0.2, 0.25) is 5.91 Å². The van der Waals surface area contributed by atoms with Crippen molar-refractivity contribution in [2.75, 3.05) is 5.75 Å². The first kappa shape index (κ1) is 17.4. The molecule has 0 spiro atoms. The molecule has 1 atom stereocenters. The van der Waals surface area contributed by atoms with Gasteiger partial charge in [-0.25, -0.2) is 0 Å². The average molecular weight is 360 g/mol. The monoisotopic (exact) mass is 359 g/mol. The molecule has 0 saturated carbocycles. The fraction of sp³-hybridized carbons (Fsp3) is 0.350. The van der Waals surface area contributed by atoms with Gasteiger partial charge < -0.3 is 5.32 Å². The number of thioether (sulfide) groups is 1. The van der Waals surface area contributed by atoms with Crippen LogP contribution in [0.15, 0.2) is 42.5 Å². The summed E-state index contributed by atoms with van der Waals surface area (Å²) in [5, 5.41) is 3.84. The lowest BCUT2D eigenvalue weighted by Crippen LogP contribution is -2.28. The van der Waals surface area contributed by atoms with Crippen molar-refractivity contribution in [1.29, 1.82) is 0 Å². The summed E-state index contributed by atoms with van der Waals surface area (Å²) in [6, 6.07) is 14.4. The number of aryl methyl sites for hydroxylation is 2. The molecule has 126 valence electrons. The molecule has 2 aromatic rings. The van der Waals surface area contributed by atoms with Gasteiger partial charge in [-0.1, -0.05) is 41.9 Å². The molecule has 0 unspecified atom stereocenters. The molecule has 0 fully saturated rings. The number of halogens is 1. The molecule has 24 heavy (non-hydrogen) atoms. The minimum Gasteiger partial charge on any atom is -0.349 e. The summed E-state index contributed by atoms with van der Waals surface area (Å²) in [4.78, 5) is 12.2.